The molecular weight excluding hydrogens is 196 g/mol. The van der Waals surface area contributed by atoms with Gasteiger partial charge in [-0.15, -0.1) is 0 Å². The van der Waals surface area contributed by atoms with Crippen molar-refractivity contribution in [1.82, 2.24) is 0 Å². The van der Waals surface area contributed by atoms with Gasteiger partial charge in [0.05, 0.1) is 0 Å². The summed E-state index contributed by atoms with van der Waals surface area (Å²) >= 11 is 0. The molecule has 1 saturated carbocycles. The Morgan fingerprint density at radius 2 is 1.75 bits per heavy atom. The van der Waals surface area contributed by atoms with Crippen molar-refractivity contribution in [3.8, 4) is 0 Å². The van der Waals surface area contributed by atoms with Gasteiger partial charge in [0.2, 0.25) is 0 Å². The number of hydrogen-bond donors (Lipinski definition) is 0. The van der Waals surface area contributed by atoms with E-state index < -0.39 is 0 Å². The molecule has 1 aliphatic rings. The van der Waals surface area contributed by atoms with Crippen molar-refractivity contribution in [2.24, 2.45) is 5.92 Å². The first-order chi connectivity index (χ1) is 7.58. The lowest BCUT2D eigenvalue weighted by molar-refractivity contribution is 0.827. The minimum absolute atomic E-state index is 0.941. The van der Waals surface area contributed by atoms with Crippen LogP contribution in [0.15, 0.2) is 18.2 Å². The van der Waals surface area contributed by atoms with E-state index in [1.807, 2.05) is 0 Å². The van der Waals surface area contributed by atoms with Crippen LogP contribution >= 0.6 is 0 Å². The van der Waals surface area contributed by atoms with Crippen LogP contribution in [0.4, 0.5) is 11.4 Å². The molecule has 0 aromatic heterocycles. The Kier molecular flexibility index (Phi) is 3.08. The van der Waals surface area contributed by atoms with Crippen molar-refractivity contribution < 1.29 is 0 Å². The maximum Gasteiger partial charge on any atom is 0.0395 e. The van der Waals surface area contributed by atoms with Gasteiger partial charge in [-0.05, 0) is 48.9 Å². The zero-order chi connectivity index (χ0) is 11.7. The molecule has 0 saturated heterocycles. The molecule has 0 bridgehead atoms. The Labute approximate surface area is 98.9 Å². The van der Waals surface area contributed by atoms with Gasteiger partial charge in [0.15, 0.2) is 0 Å². The number of hydrogen-bond acceptors (Lipinski definition) is 2. The predicted molar refractivity (Wildman–Crippen MR) is 71.5 cm³/mol. The van der Waals surface area contributed by atoms with Gasteiger partial charge in [0.25, 0.3) is 0 Å². The van der Waals surface area contributed by atoms with Crippen LogP contribution in [0, 0.1) is 5.92 Å². The standard InChI is InChI=1S/C14H22N2/c1-15(2)13-7-8-14(16(3)4)12(10-13)9-11-5-6-11/h7-8,10-11H,5-6,9H2,1-4H3. The lowest BCUT2D eigenvalue weighted by Gasteiger charge is -2.21. The highest BCUT2D eigenvalue weighted by molar-refractivity contribution is 5.61. The summed E-state index contributed by atoms with van der Waals surface area (Å²) in [7, 11) is 8.46. The fourth-order valence-electron chi connectivity index (χ4n) is 2.08. The minimum atomic E-state index is 0.941. The van der Waals surface area contributed by atoms with Gasteiger partial charge < -0.3 is 9.80 Å². The highest BCUT2D eigenvalue weighted by Crippen LogP contribution is 2.36. The van der Waals surface area contributed by atoms with Crippen molar-refractivity contribution >= 4 is 11.4 Å². The fourth-order valence-corrected chi connectivity index (χ4v) is 2.08. The summed E-state index contributed by atoms with van der Waals surface area (Å²) in [5, 5.41) is 0. The Bertz CT molecular complexity index is 365. The van der Waals surface area contributed by atoms with Gasteiger partial charge in [-0.25, -0.2) is 0 Å². The third kappa shape index (κ3) is 2.49. The molecule has 1 fully saturated rings. The van der Waals surface area contributed by atoms with Gasteiger partial charge in [0.1, 0.15) is 0 Å². The Morgan fingerprint density at radius 3 is 2.25 bits per heavy atom. The van der Waals surface area contributed by atoms with Gasteiger partial charge in [0, 0.05) is 39.6 Å². The van der Waals surface area contributed by atoms with E-state index in [1.165, 1.54) is 36.2 Å². The number of rotatable bonds is 4. The smallest absolute Gasteiger partial charge is 0.0395 e. The van der Waals surface area contributed by atoms with Gasteiger partial charge in [-0.3, -0.25) is 0 Å². The molecule has 0 unspecified atom stereocenters. The topological polar surface area (TPSA) is 6.48 Å². The highest BCUT2D eigenvalue weighted by Gasteiger charge is 2.23. The molecule has 0 radical (unpaired) electrons. The SMILES string of the molecule is CN(C)c1ccc(N(C)C)c(CC2CC2)c1. The van der Waals surface area contributed by atoms with Crippen LogP contribution in [0.5, 0.6) is 0 Å². The monoisotopic (exact) mass is 218 g/mol. The highest BCUT2D eigenvalue weighted by atomic mass is 15.1. The van der Waals surface area contributed by atoms with Crippen LogP contribution in [0.3, 0.4) is 0 Å². The van der Waals surface area contributed by atoms with Crippen LogP contribution < -0.4 is 9.80 Å². The maximum absolute atomic E-state index is 2.34. The average molecular weight is 218 g/mol. The number of nitrogens with zero attached hydrogens (tertiary/aromatic N) is 2. The molecule has 2 nitrogen and oxygen atoms in total. The van der Waals surface area contributed by atoms with E-state index in [9.17, 15) is 0 Å². The molecular formula is C14H22N2. The Balaban J connectivity index is 2.29. The molecule has 16 heavy (non-hydrogen) atoms. The summed E-state index contributed by atoms with van der Waals surface area (Å²) in [5.74, 6) is 0.941. The molecule has 0 spiro atoms. The van der Waals surface area contributed by atoms with E-state index in [0.717, 1.165) is 5.92 Å². The van der Waals surface area contributed by atoms with Crippen molar-refractivity contribution in [3.05, 3.63) is 23.8 Å². The van der Waals surface area contributed by atoms with Crippen LogP contribution in [-0.2, 0) is 6.42 Å². The van der Waals surface area contributed by atoms with Crippen LogP contribution in [0.2, 0.25) is 0 Å². The molecule has 1 aromatic rings. The first kappa shape index (κ1) is 11.3. The molecule has 2 rings (SSSR count). The van der Waals surface area contributed by atoms with Gasteiger partial charge in [-0.2, -0.15) is 0 Å². The third-order valence-electron chi connectivity index (χ3n) is 3.27. The summed E-state index contributed by atoms with van der Waals surface area (Å²) in [4.78, 5) is 4.40. The van der Waals surface area contributed by atoms with E-state index >= 15 is 0 Å². The van der Waals surface area contributed by atoms with E-state index in [1.54, 1.807) is 0 Å². The molecule has 0 N–H and O–H groups in total. The van der Waals surface area contributed by atoms with Crippen molar-refractivity contribution in [1.29, 1.82) is 0 Å². The second-order valence-electron chi connectivity index (χ2n) is 5.25. The first-order valence-electron chi connectivity index (χ1n) is 6.05. The second kappa shape index (κ2) is 4.36. The Hall–Kier alpha value is -1.18. The van der Waals surface area contributed by atoms with Gasteiger partial charge >= 0.3 is 0 Å². The van der Waals surface area contributed by atoms with E-state index in [4.69, 9.17) is 0 Å². The van der Waals surface area contributed by atoms with Crippen molar-refractivity contribution in [2.45, 2.75) is 19.3 Å². The predicted octanol–water partition coefficient (Wildman–Crippen LogP) is 2.77. The summed E-state index contributed by atoms with van der Waals surface area (Å²) in [5.41, 5.74) is 4.18. The van der Waals surface area contributed by atoms with Crippen LogP contribution in [-0.4, -0.2) is 28.2 Å². The molecule has 0 atom stereocenters. The molecule has 0 heterocycles. The molecule has 1 aromatic carbocycles. The van der Waals surface area contributed by atoms with E-state index in [-0.39, 0.29) is 0 Å². The number of anilines is 2. The van der Waals surface area contributed by atoms with Crippen molar-refractivity contribution in [2.75, 3.05) is 38.0 Å². The average Bonchev–Trinajstić information content (AvgIpc) is 3.01. The molecule has 2 heteroatoms. The normalized spacial score (nSPS) is 15.0. The zero-order valence-electron chi connectivity index (χ0n) is 10.8. The zero-order valence-corrected chi connectivity index (χ0v) is 10.8. The molecule has 88 valence electrons. The van der Waals surface area contributed by atoms with Gasteiger partial charge in [-0.1, -0.05) is 0 Å². The summed E-state index contributed by atoms with van der Waals surface area (Å²) in [6.45, 7) is 0. The van der Waals surface area contributed by atoms with E-state index in [0.29, 0.717) is 0 Å². The first-order valence-corrected chi connectivity index (χ1v) is 6.05. The van der Waals surface area contributed by atoms with Crippen LogP contribution in [0.1, 0.15) is 18.4 Å². The Morgan fingerprint density at radius 1 is 1.06 bits per heavy atom. The van der Waals surface area contributed by atoms with Crippen molar-refractivity contribution in [3.63, 3.8) is 0 Å². The molecule has 0 aliphatic heterocycles. The third-order valence-corrected chi connectivity index (χ3v) is 3.27. The summed E-state index contributed by atoms with van der Waals surface area (Å²) in [6.07, 6.45) is 4.08. The lowest BCUT2D eigenvalue weighted by atomic mass is 10.0. The molecule has 0 amide bonds. The van der Waals surface area contributed by atoms with E-state index in [2.05, 4.69) is 56.2 Å². The number of benzene rings is 1. The molecule has 1 aliphatic carbocycles. The quantitative estimate of drug-likeness (QED) is 0.766. The van der Waals surface area contributed by atoms with Crippen LogP contribution in [0.25, 0.3) is 0 Å². The maximum atomic E-state index is 2.34. The minimum Gasteiger partial charge on any atom is -0.378 e. The largest absolute Gasteiger partial charge is 0.378 e. The lowest BCUT2D eigenvalue weighted by Crippen LogP contribution is -2.14. The second-order valence-corrected chi connectivity index (χ2v) is 5.25. The summed E-state index contributed by atoms with van der Waals surface area (Å²) in [6, 6.07) is 6.78. The summed E-state index contributed by atoms with van der Waals surface area (Å²) < 4.78 is 0. The fraction of sp³-hybridized carbons (Fsp3) is 0.571.